The van der Waals surface area contributed by atoms with Gasteiger partial charge < -0.3 is 4.74 Å². The molecule has 1 aromatic rings. The average molecular weight is 315 g/mol. The maximum absolute atomic E-state index is 12.7. The van der Waals surface area contributed by atoms with Crippen LogP contribution in [0.25, 0.3) is 0 Å². The van der Waals surface area contributed by atoms with Crippen molar-refractivity contribution in [2.45, 2.75) is 44.6 Å². The van der Waals surface area contributed by atoms with E-state index in [1.54, 1.807) is 0 Å². The molecule has 0 saturated heterocycles. The van der Waals surface area contributed by atoms with E-state index >= 15 is 0 Å². The fraction of sp³-hybridized carbons (Fsp3) is 0.600. The molecule has 118 valence electrons. The number of hydrogen-bond acceptors (Lipinski definition) is 3. The summed E-state index contributed by atoms with van der Waals surface area (Å²) < 4.78 is 44.7. The monoisotopic (exact) mass is 315 g/mol. The fourth-order valence-electron chi connectivity index (χ4n) is 2.50. The highest BCUT2D eigenvalue weighted by molar-refractivity contribution is 7.89. The van der Waals surface area contributed by atoms with E-state index in [4.69, 9.17) is 4.74 Å². The molecule has 6 heteroatoms. The number of rotatable bonds is 7. The summed E-state index contributed by atoms with van der Waals surface area (Å²) in [5.74, 6) is 0.292. The van der Waals surface area contributed by atoms with Crippen LogP contribution in [0.15, 0.2) is 24.3 Å². The van der Waals surface area contributed by atoms with Gasteiger partial charge in [0.25, 0.3) is 0 Å². The van der Waals surface area contributed by atoms with Gasteiger partial charge in [-0.2, -0.15) is 0 Å². The quantitative estimate of drug-likeness (QED) is 0.787. The first-order valence-corrected chi connectivity index (χ1v) is 9.09. The summed E-state index contributed by atoms with van der Waals surface area (Å²) in [5, 5.41) is 0. The molecule has 1 fully saturated rings. The molecule has 1 aromatic carbocycles. The Balaban J connectivity index is 1.68. The van der Waals surface area contributed by atoms with Crippen molar-refractivity contribution >= 4 is 10.0 Å². The van der Waals surface area contributed by atoms with E-state index in [9.17, 15) is 12.8 Å². The van der Waals surface area contributed by atoms with Gasteiger partial charge in [0.1, 0.15) is 11.6 Å². The largest absolute Gasteiger partial charge is 0.494 e. The van der Waals surface area contributed by atoms with E-state index < -0.39 is 10.0 Å². The molecular formula is C15H22FNO3S. The molecule has 0 unspecified atom stereocenters. The first-order chi connectivity index (χ1) is 10.1. The lowest BCUT2D eigenvalue weighted by molar-refractivity contribution is 0.316. The Kier molecular flexibility index (Phi) is 5.99. The molecule has 0 aromatic heterocycles. The van der Waals surface area contributed by atoms with Crippen molar-refractivity contribution in [1.29, 1.82) is 0 Å². The van der Waals surface area contributed by atoms with Crippen LogP contribution in [-0.4, -0.2) is 26.8 Å². The Bertz CT molecular complexity index is 524. The summed E-state index contributed by atoms with van der Waals surface area (Å²) in [6, 6.07) is 5.79. The summed E-state index contributed by atoms with van der Waals surface area (Å²) in [6.07, 6.45) is 5.68. The third-order valence-corrected chi connectivity index (χ3v) is 5.11. The number of sulfonamides is 1. The van der Waals surface area contributed by atoms with Gasteiger partial charge in [-0.05, 0) is 43.5 Å². The molecule has 0 heterocycles. The van der Waals surface area contributed by atoms with E-state index in [0.29, 0.717) is 18.8 Å². The first kappa shape index (κ1) is 16.2. The van der Waals surface area contributed by atoms with Gasteiger partial charge in [-0.1, -0.05) is 19.3 Å². The van der Waals surface area contributed by atoms with Crippen molar-refractivity contribution in [2.24, 2.45) is 0 Å². The fourth-order valence-corrected chi connectivity index (χ4v) is 3.86. The zero-order chi connectivity index (χ0) is 15.1. The first-order valence-electron chi connectivity index (χ1n) is 7.43. The van der Waals surface area contributed by atoms with Crippen LogP contribution in [0.1, 0.15) is 38.5 Å². The lowest BCUT2D eigenvalue weighted by Crippen LogP contribution is -2.37. The molecule has 1 N–H and O–H groups in total. The second-order valence-electron chi connectivity index (χ2n) is 5.43. The number of ether oxygens (including phenoxy) is 1. The SMILES string of the molecule is O=S(=O)(CCCOc1ccc(F)cc1)NC1CCCCC1. The predicted octanol–water partition coefficient (Wildman–Crippen LogP) is 2.85. The molecule has 1 aliphatic carbocycles. The number of halogens is 1. The summed E-state index contributed by atoms with van der Waals surface area (Å²) in [5.41, 5.74) is 0. The van der Waals surface area contributed by atoms with Crippen LogP contribution >= 0.6 is 0 Å². The van der Waals surface area contributed by atoms with Gasteiger partial charge in [0.15, 0.2) is 0 Å². The molecule has 21 heavy (non-hydrogen) atoms. The number of nitrogens with one attached hydrogen (secondary N) is 1. The second kappa shape index (κ2) is 7.75. The summed E-state index contributed by atoms with van der Waals surface area (Å²) in [4.78, 5) is 0. The molecule has 0 bridgehead atoms. The number of benzene rings is 1. The maximum Gasteiger partial charge on any atom is 0.211 e. The Morgan fingerprint density at radius 1 is 1.14 bits per heavy atom. The zero-order valence-electron chi connectivity index (χ0n) is 12.1. The molecule has 0 radical (unpaired) electrons. The lowest BCUT2D eigenvalue weighted by Gasteiger charge is -2.22. The van der Waals surface area contributed by atoms with E-state index in [-0.39, 0.29) is 17.6 Å². The van der Waals surface area contributed by atoms with Gasteiger partial charge in [0.2, 0.25) is 10.0 Å². The Labute approximate surface area is 125 Å². The van der Waals surface area contributed by atoms with Crippen molar-refractivity contribution in [3.8, 4) is 5.75 Å². The standard InChI is InChI=1S/C15H22FNO3S/c16-13-7-9-15(10-8-13)20-11-4-12-21(18,19)17-14-5-2-1-3-6-14/h7-10,14,17H,1-6,11-12H2. The van der Waals surface area contributed by atoms with Gasteiger partial charge in [-0.15, -0.1) is 0 Å². The van der Waals surface area contributed by atoms with Crippen molar-refractivity contribution < 1.29 is 17.5 Å². The molecule has 0 spiro atoms. The summed E-state index contributed by atoms with van der Waals surface area (Å²) in [7, 11) is -3.23. The normalized spacial score (nSPS) is 16.8. The molecule has 0 atom stereocenters. The topological polar surface area (TPSA) is 55.4 Å². The van der Waals surface area contributed by atoms with Crippen molar-refractivity contribution in [1.82, 2.24) is 4.72 Å². The van der Waals surface area contributed by atoms with Crippen LogP contribution in [0.4, 0.5) is 4.39 Å². The predicted molar refractivity (Wildman–Crippen MR) is 80.3 cm³/mol. The van der Waals surface area contributed by atoms with Gasteiger partial charge in [0.05, 0.1) is 12.4 Å². The number of hydrogen-bond donors (Lipinski definition) is 1. The summed E-state index contributed by atoms with van der Waals surface area (Å²) in [6.45, 7) is 0.303. The molecular weight excluding hydrogens is 293 g/mol. The van der Waals surface area contributed by atoms with Gasteiger partial charge in [-0.25, -0.2) is 17.5 Å². The lowest BCUT2D eigenvalue weighted by atomic mass is 9.96. The highest BCUT2D eigenvalue weighted by atomic mass is 32.2. The van der Waals surface area contributed by atoms with Crippen LogP contribution in [0.3, 0.4) is 0 Å². The highest BCUT2D eigenvalue weighted by Gasteiger charge is 2.19. The van der Waals surface area contributed by atoms with E-state index in [0.717, 1.165) is 25.7 Å². The minimum absolute atomic E-state index is 0.0602. The third-order valence-electron chi connectivity index (χ3n) is 3.59. The van der Waals surface area contributed by atoms with Gasteiger partial charge in [0, 0.05) is 6.04 Å². The molecule has 1 saturated carbocycles. The second-order valence-corrected chi connectivity index (χ2v) is 7.30. The van der Waals surface area contributed by atoms with Crippen LogP contribution in [-0.2, 0) is 10.0 Å². The summed E-state index contributed by atoms with van der Waals surface area (Å²) >= 11 is 0. The minimum Gasteiger partial charge on any atom is -0.494 e. The van der Waals surface area contributed by atoms with Crippen molar-refractivity contribution in [3.05, 3.63) is 30.1 Å². The van der Waals surface area contributed by atoms with Crippen molar-refractivity contribution in [2.75, 3.05) is 12.4 Å². The van der Waals surface area contributed by atoms with Gasteiger partial charge >= 0.3 is 0 Å². The zero-order valence-corrected chi connectivity index (χ0v) is 12.9. The van der Waals surface area contributed by atoms with Crippen LogP contribution < -0.4 is 9.46 Å². The Morgan fingerprint density at radius 2 is 1.81 bits per heavy atom. The van der Waals surface area contributed by atoms with Crippen LogP contribution in [0, 0.1) is 5.82 Å². The van der Waals surface area contributed by atoms with Gasteiger partial charge in [-0.3, -0.25) is 0 Å². The van der Waals surface area contributed by atoms with E-state index in [2.05, 4.69) is 4.72 Å². The molecule has 2 rings (SSSR count). The van der Waals surface area contributed by atoms with E-state index in [1.807, 2.05) is 0 Å². The highest BCUT2D eigenvalue weighted by Crippen LogP contribution is 2.18. The average Bonchev–Trinajstić information content (AvgIpc) is 2.46. The molecule has 0 aliphatic heterocycles. The van der Waals surface area contributed by atoms with Crippen LogP contribution in [0.2, 0.25) is 0 Å². The van der Waals surface area contributed by atoms with E-state index in [1.165, 1.54) is 30.7 Å². The minimum atomic E-state index is -3.23. The van der Waals surface area contributed by atoms with Crippen molar-refractivity contribution in [3.63, 3.8) is 0 Å². The molecule has 4 nitrogen and oxygen atoms in total. The molecule has 1 aliphatic rings. The molecule has 0 amide bonds. The Hall–Kier alpha value is -1.14. The Morgan fingerprint density at radius 3 is 2.48 bits per heavy atom. The third kappa shape index (κ3) is 6.01. The van der Waals surface area contributed by atoms with Crippen LogP contribution in [0.5, 0.6) is 5.75 Å². The smallest absolute Gasteiger partial charge is 0.211 e. The maximum atomic E-state index is 12.7.